The largest absolute Gasteiger partial charge is 0.508 e. The van der Waals surface area contributed by atoms with Crippen LogP contribution < -0.4 is 0 Å². The van der Waals surface area contributed by atoms with E-state index in [0.29, 0.717) is 82.1 Å². The van der Waals surface area contributed by atoms with Crippen LogP contribution in [0.1, 0.15) is 45.2 Å². The van der Waals surface area contributed by atoms with Gasteiger partial charge in [0.25, 0.3) is 0 Å². The molecule has 15 heteroatoms. The highest BCUT2D eigenvalue weighted by Gasteiger charge is 2.18. The highest BCUT2D eigenvalue weighted by molar-refractivity contribution is 5.40. The fourth-order valence-electron chi connectivity index (χ4n) is 7.84. The SMILES string of the molecule is Oc1ccc(O)c(CN(CCN(Cc2ccccn2)Cc2cc(O)ccc2O)Cc2ccccn2)c1.Oc1ccc(O)c(CN(CCN(Cc2ccccn2)Cc2ccccn2)Cc2ccccn2)c1. The van der Waals surface area contributed by atoms with Gasteiger partial charge in [-0.05, 0) is 115 Å². The molecule has 5 aromatic heterocycles. The van der Waals surface area contributed by atoms with Crippen molar-refractivity contribution in [2.75, 3.05) is 26.2 Å². The number of aromatic nitrogens is 5. The summed E-state index contributed by atoms with van der Waals surface area (Å²) in [6, 6.07) is 42.9. The lowest BCUT2D eigenvalue weighted by Crippen LogP contribution is -2.34. The third-order valence-electron chi connectivity index (χ3n) is 11.4. The molecule has 5 heterocycles. The van der Waals surface area contributed by atoms with Crippen LogP contribution in [0.3, 0.4) is 0 Å². The van der Waals surface area contributed by atoms with Crippen molar-refractivity contribution in [2.45, 2.75) is 52.4 Å². The predicted molar refractivity (Wildman–Crippen MR) is 267 cm³/mol. The lowest BCUT2D eigenvalue weighted by atomic mass is 10.1. The first-order valence-corrected chi connectivity index (χ1v) is 23.0. The maximum atomic E-state index is 10.4. The van der Waals surface area contributed by atoms with Crippen LogP contribution in [0.25, 0.3) is 0 Å². The molecule has 0 aliphatic heterocycles. The maximum Gasteiger partial charge on any atom is 0.120 e. The summed E-state index contributed by atoms with van der Waals surface area (Å²) < 4.78 is 0. The third-order valence-corrected chi connectivity index (χ3v) is 11.4. The van der Waals surface area contributed by atoms with Crippen LogP contribution in [-0.4, -0.2) is 101 Å². The topological polar surface area (TPSA) is 199 Å². The van der Waals surface area contributed by atoms with Gasteiger partial charge in [-0.1, -0.05) is 30.3 Å². The molecule has 0 saturated heterocycles. The number of pyridine rings is 5. The zero-order chi connectivity index (χ0) is 48.9. The van der Waals surface area contributed by atoms with Gasteiger partial charge >= 0.3 is 0 Å². The first kappa shape index (κ1) is 49.9. The fourth-order valence-corrected chi connectivity index (χ4v) is 7.84. The Balaban J connectivity index is 0.000000207. The minimum atomic E-state index is 0.0942. The zero-order valence-corrected chi connectivity index (χ0v) is 38.9. The van der Waals surface area contributed by atoms with Gasteiger partial charge in [-0.3, -0.25) is 44.5 Å². The van der Waals surface area contributed by atoms with Gasteiger partial charge in [-0.15, -0.1) is 0 Å². The summed E-state index contributed by atoms with van der Waals surface area (Å²) in [4.78, 5) is 31.2. The van der Waals surface area contributed by atoms with Gasteiger partial charge < -0.3 is 30.6 Å². The molecule has 0 fully saturated rings. The number of rotatable bonds is 22. The third kappa shape index (κ3) is 16.4. The molecule has 0 aliphatic rings. The molecule has 8 rings (SSSR count). The predicted octanol–water partition coefficient (Wildman–Crippen LogP) is 7.99. The fraction of sp³-hybridized carbons (Fsp3) is 0.218. The average Bonchev–Trinajstić information content (AvgIpc) is 3.37. The lowest BCUT2D eigenvalue weighted by molar-refractivity contribution is 0.178. The summed E-state index contributed by atoms with van der Waals surface area (Å²) in [5.41, 5.74) is 6.64. The lowest BCUT2D eigenvalue weighted by Gasteiger charge is -2.28. The summed E-state index contributed by atoms with van der Waals surface area (Å²) in [6.07, 6.45) is 8.90. The Hall–Kier alpha value is -7.95. The normalized spacial score (nSPS) is 11.3. The van der Waals surface area contributed by atoms with Gasteiger partial charge in [0.05, 0.1) is 28.5 Å². The van der Waals surface area contributed by atoms with Crippen molar-refractivity contribution in [3.8, 4) is 34.5 Å². The van der Waals surface area contributed by atoms with Gasteiger partial charge in [-0.25, -0.2) is 0 Å². The highest BCUT2D eigenvalue weighted by Crippen LogP contribution is 2.27. The second kappa shape index (κ2) is 26.0. The van der Waals surface area contributed by atoms with Crippen LogP contribution in [0.15, 0.2) is 177 Å². The number of benzene rings is 3. The maximum absolute atomic E-state index is 10.4. The van der Waals surface area contributed by atoms with Crippen LogP contribution in [0.5, 0.6) is 34.5 Å². The van der Waals surface area contributed by atoms with Crippen molar-refractivity contribution < 1.29 is 30.6 Å². The minimum Gasteiger partial charge on any atom is -0.508 e. The molecule has 3 aromatic carbocycles. The molecule has 8 aromatic rings. The van der Waals surface area contributed by atoms with Gasteiger partial charge in [0.1, 0.15) is 34.5 Å². The Bertz CT molecular complexity index is 2640. The quantitative estimate of drug-likeness (QED) is 0.0357. The standard InChI is InChI=1S/C28H30N4O4.C27H29N5O2/c33-25-7-9-27(35)21(15-25)17-31(19-23-5-1-3-11-29-23)13-14-32(20-24-6-2-4-12-30-24)18-22-16-26(34)8-10-28(22)36;33-26-10-11-27(34)22(17-26)18-31(19-23-7-1-4-12-28-23)15-16-32(20-24-8-2-5-13-29-24)21-25-9-3-6-14-30-25/h1-12,15-16,33-36H,13-14,17-20H2;1-14,17,33-34H,15-16,18-21H2. The molecule has 0 atom stereocenters. The van der Waals surface area contributed by atoms with Crippen LogP contribution >= 0.6 is 0 Å². The Kier molecular flexibility index (Phi) is 18.5. The summed E-state index contributed by atoms with van der Waals surface area (Å²) in [5, 5.41) is 60.8. The van der Waals surface area contributed by atoms with E-state index in [1.165, 1.54) is 36.4 Å². The Morgan fingerprint density at radius 3 is 0.714 bits per heavy atom. The first-order valence-electron chi connectivity index (χ1n) is 23.0. The molecule has 0 radical (unpaired) electrons. The number of nitrogens with zero attached hydrogens (tertiary/aromatic N) is 9. The van der Waals surface area contributed by atoms with E-state index >= 15 is 0 Å². The number of aromatic hydroxyl groups is 6. The van der Waals surface area contributed by atoms with Crippen molar-refractivity contribution in [3.05, 3.63) is 222 Å². The van der Waals surface area contributed by atoms with Crippen molar-refractivity contribution >= 4 is 0 Å². The Morgan fingerprint density at radius 1 is 0.271 bits per heavy atom. The van der Waals surface area contributed by atoms with Gasteiger partial charge in [0.15, 0.2) is 0 Å². The van der Waals surface area contributed by atoms with Crippen LogP contribution in [0.4, 0.5) is 0 Å². The van der Waals surface area contributed by atoms with Crippen molar-refractivity contribution in [1.82, 2.24) is 44.5 Å². The number of phenolic OH excluding ortho intramolecular Hbond substituents is 6. The minimum absolute atomic E-state index is 0.0942. The van der Waals surface area contributed by atoms with E-state index in [0.717, 1.165) is 41.6 Å². The first-order chi connectivity index (χ1) is 34.1. The summed E-state index contributed by atoms with van der Waals surface area (Å²) >= 11 is 0. The smallest absolute Gasteiger partial charge is 0.120 e. The molecule has 360 valence electrons. The molecule has 0 spiro atoms. The van der Waals surface area contributed by atoms with E-state index in [4.69, 9.17) is 0 Å². The number of hydrogen-bond acceptors (Lipinski definition) is 15. The molecular weight excluding hydrogens is 883 g/mol. The second-order valence-electron chi connectivity index (χ2n) is 16.9. The van der Waals surface area contributed by atoms with Gasteiger partial charge in [-0.2, -0.15) is 0 Å². The van der Waals surface area contributed by atoms with E-state index in [1.807, 2.05) is 103 Å². The number of phenols is 6. The van der Waals surface area contributed by atoms with E-state index in [1.54, 1.807) is 36.8 Å². The molecule has 15 nitrogen and oxygen atoms in total. The van der Waals surface area contributed by atoms with Crippen molar-refractivity contribution in [1.29, 1.82) is 0 Å². The van der Waals surface area contributed by atoms with Crippen molar-refractivity contribution in [2.24, 2.45) is 0 Å². The van der Waals surface area contributed by atoms with Crippen LogP contribution in [0, 0.1) is 0 Å². The van der Waals surface area contributed by atoms with E-state index < -0.39 is 0 Å². The van der Waals surface area contributed by atoms with Crippen molar-refractivity contribution in [3.63, 3.8) is 0 Å². The average molecular weight is 942 g/mol. The van der Waals surface area contributed by atoms with E-state index in [-0.39, 0.29) is 34.5 Å². The summed E-state index contributed by atoms with van der Waals surface area (Å²) in [5.74, 6) is 0.733. The van der Waals surface area contributed by atoms with Crippen LogP contribution in [0.2, 0.25) is 0 Å². The Morgan fingerprint density at radius 2 is 0.500 bits per heavy atom. The number of hydrogen-bond donors (Lipinski definition) is 6. The summed E-state index contributed by atoms with van der Waals surface area (Å²) in [7, 11) is 0. The molecule has 0 amide bonds. The molecular formula is C55H59N9O6. The molecule has 0 bridgehead atoms. The molecule has 6 N–H and O–H groups in total. The summed E-state index contributed by atoms with van der Waals surface area (Å²) in [6.45, 7) is 7.13. The second-order valence-corrected chi connectivity index (χ2v) is 16.9. The zero-order valence-electron chi connectivity index (χ0n) is 38.9. The van der Waals surface area contributed by atoms with Gasteiger partial charge in [0, 0.05) is 126 Å². The Labute approximate surface area is 408 Å². The molecule has 0 saturated carbocycles. The highest BCUT2D eigenvalue weighted by atomic mass is 16.3. The molecule has 0 unspecified atom stereocenters. The van der Waals surface area contributed by atoms with Gasteiger partial charge in [0.2, 0.25) is 0 Å². The monoisotopic (exact) mass is 941 g/mol. The van der Waals surface area contributed by atoms with E-state index in [2.05, 4.69) is 44.5 Å². The molecule has 0 aliphatic carbocycles. The van der Waals surface area contributed by atoms with Crippen LogP contribution in [-0.2, 0) is 52.4 Å². The molecule has 70 heavy (non-hydrogen) atoms. The van der Waals surface area contributed by atoms with E-state index in [9.17, 15) is 30.6 Å².